The third kappa shape index (κ3) is 3.75. The first-order valence-corrected chi connectivity index (χ1v) is 7.11. The van der Waals surface area contributed by atoms with Crippen LogP contribution in [0.3, 0.4) is 0 Å². The van der Waals surface area contributed by atoms with Crippen LogP contribution in [0.1, 0.15) is 18.9 Å². The molecule has 0 amide bonds. The molecule has 1 aromatic carbocycles. The summed E-state index contributed by atoms with van der Waals surface area (Å²) in [5.74, 6) is 0.499. The van der Waals surface area contributed by atoms with Gasteiger partial charge in [0, 0.05) is 5.69 Å². The van der Waals surface area contributed by atoms with Crippen molar-refractivity contribution in [2.75, 3.05) is 5.32 Å². The van der Waals surface area contributed by atoms with E-state index < -0.39 is 0 Å². The van der Waals surface area contributed by atoms with Gasteiger partial charge in [0.2, 0.25) is 0 Å². The minimum Gasteiger partial charge on any atom is -0.339 e. The maximum absolute atomic E-state index is 6.06. The van der Waals surface area contributed by atoms with Crippen LogP contribution >= 0.6 is 34.8 Å². The zero-order valence-electron chi connectivity index (χ0n) is 10.4. The van der Waals surface area contributed by atoms with Crippen LogP contribution in [0, 0.1) is 0 Å². The van der Waals surface area contributed by atoms with Gasteiger partial charge in [0.05, 0.1) is 10.0 Å². The van der Waals surface area contributed by atoms with Crippen LogP contribution in [-0.2, 0) is 6.42 Å². The number of aryl methyl sites for hydroxylation is 1. The first-order chi connectivity index (χ1) is 9.10. The summed E-state index contributed by atoms with van der Waals surface area (Å²) >= 11 is 17.8. The van der Waals surface area contributed by atoms with E-state index in [4.69, 9.17) is 34.8 Å². The maximum Gasteiger partial charge on any atom is 0.151 e. The van der Waals surface area contributed by atoms with Crippen molar-refractivity contribution in [3.05, 3.63) is 51.1 Å². The summed E-state index contributed by atoms with van der Waals surface area (Å²) in [5, 5.41) is 4.14. The number of hydrogen-bond acceptors (Lipinski definition) is 2. The van der Waals surface area contributed by atoms with Gasteiger partial charge in [-0.15, -0.1) is 0 Å². The van der Waals surface area contributed by atoms with Crippen molar-refractivity contribution in [1.82, 2.24) is 4.98 Å². The monoisotopic (exact) mass is 314 g/mol. The highest BCUT2D eigenvalue weighted by atomic mass is 35.5. The minimum absolute atomic E-state index is 0.233. The quantitative estimate of drug-likeness (QED) is 0.728. The van der Waals surface area contributed by atoms with Gasteiger partial charge in [-0.25, -0.2) is 4.98 Å². The molecule has 2 aromatic rings. The molecule has 0 unspecified atom stereocenters. The van der Waals surface area contributed by atoms with Crippen LogP contribution in [-0.4, -0.2) is 4.98 Å². The molecule has 0 radical (unpaired) electrons. The fraction of sp³-hybridized carbons (Fsp3) is 0.214. The summed E-state index contributed by atoms with van der Waals surface area (Å²) in [6.07, 6.45) is 2.21. The highest BCUT2D eigenvalue weighted by molar-refractivity contribution is 6.43. The largest absolute Gasteiger partial charge is 0.339 e. The number of hydrogen-bond donors (Lipinski definition) is 1. The molecule has 0 atom stereocenters. The van der Waals surface area contributed by atoms with Gasteiger partial charge in [-0.05, 0) is 30.2 Å². The lowest BCUT2D eigenvalue weighted by atomic mass is 10.1. The zero-order chi connectivity index (χ0) is 13.8. The number of anilines is 2. The van der Waals surface area contributed by atoms with E-state index >= 15 is 0 Å². The third-order valence-electron chi connectivity index (χ3n) is 2.64. The molecule has 5 heteroatoms. The van der Waals surface area contributed by atoms with Gasteiger partial charge in [-0.3, -0.25) is 0 Å². The number of pyridine rings is 1. The van der Waals surface area contributed by atoms with Crippen LogP contribution in [0.2, 0.25) is 15.2 Å². The molecule has 0 aliphatic carbocycles. The molecule has 1 N–H and O–H groups in total. The molecule has 0 fully saturated rings. The lowest BCUT2D eigenvalue weighted by Crippen LogP contribution is -1.95. The Labute approximate surface area is 127 Å². The third-order valence-corrected chi connectivity index (χ3v) is 3.60. The molecule has 0 spiro atoms. The predicted octanol–water partition coefficient (Wildman–Crippen LogP) is 5.74. The molecule has 2 nitrogen and oxygen atoms in total. The van der Waals surface area contributed by atoms with E-state index in [1.54, 1.807) is 6.07 Å². The average Bonchev–Trinajstić information content (AvgIpc) is 2.38. The van der Waals surface area contributed by atoms with E-state index in [1.807, 2.05) is 12.1 Å². The lowest BCUT2D eigenvalue weighted by Gasteiger charge is -2.09. The van der Waals surface area contributed by atoms with Crippen LogP contribution in [0.15, 0.2) is 30.3 Å². The molecule has 1 heterocycles. The summed E-state index contributed by atoms with van der Waals surface area (Å²) < 4.78 is 0. The fourth-order valence-corrected chi connectivity index (χ4v) is 2.26. The normalized spacial score (nSPS) is 10.5. The average molecular weight is 316 g/mol. The molecule has 19 heavy (non-hydrogen) atoms. The maximum atomic E-state index is 6.06. The van der Waals surface area contributed by atoms with Crippen molar-refractivity contribution >= 4 is 46.3 Å². The van der Waals surface area contributed by atoms with E-state index in [0.29, 0.717) is 15.9 Å². The Morgan fingerprint density at radius 2 is 1.74 bits per heavy atom. The summed E-state index contributed by atoms with van der Waals surface area (Å²) in [5.41, 5.74) is 2.22. The summed E-state index contributed by atoms with van der Waals surface area (Å²) in [7, 11) is 0. The van der Waals surface area contributed by atoms with Gasteiger partial charge in [-0.1, -0.05) is 60.3 Å². The number of rotatable bonds is 4. The van der Waals surface area contributed by atoms with E-state index in [9.17, 15) is 0 Å². The van der Waals surface area contributed by atoms with E-state index in [-0.39, 0.29) is 5.15 Å². The van der Waals surface area contributed by atoms with Gasteiger partial charge in [0.15, 0.2) is 5.82 Å². The lowest BCUT2D eigenvalue weighted by molar-refractivity contribution is 0.922. The molecule has 0 saturated heterocycles. The van der Waals surface area contributed by atoms with Crippen LogP contribution in [0.4, 0.5) is 11.5 Å². The number of benzene rings is 1. The Morgan fingerprint density at radius 3 is 2.37 bits per heavy atom. The second-order valence-electron chi connectivity index (χ2n) is 4.16. The molecule has 1 aromatic heterocycles. The van der Waals surface area contributed by atoms with Crippen LogP contribution < -0.4 is 5.32 Å². The van der Waals surface area contributed by atoms with Crippen molar-refractivity contribution in [2.24, 2.45) is 0 Å². The molecule has 0 saturated carbocycles. The number of halogens is 3. The number of nitrogens with zero attached hydrogens (tertiary/aromatic N) is 1. The van der Waals surface area contributed by atoms with Crippen molar-refractivity contribution in [3.8, 4) is 0 Å². The SMILES string of the molecule is CCCc1ccc(Nc2nc(Cl)c(Cl)cc2Cl)cc1. The Hall–Kier alpha value is -0.960. The first kappa shape index (κ1) is 14.4. The zero-order valence-corrected chi connectivity index (χ0v) is 12.6. The topological polar surface area (TPSA) is 24.9 Å². The van der Waals surface area contributed by atoms with Crippen molar-refractivity contribution in [2.45, 2.75) is 19.8 Å². The molecule has 2 rings (SSSR count). The van der Waals surface area contributed by atoms with Crippen LogP contribution in [0.25, 0.3) is 0 Å². The summed E-state index contributed by atoms with van der Waals surface area (Å²) in [6, 6.07) is 9.72. The summed E-state index contributed by atoms with van der Waals surface area (Å²) in [4.78, 5) is 4.12. The molecule has 0 aliphatic heterocycles. The van der Waals surface area contributed by atoms with Crippen LogP contribution in [0.5, 0.6) is 0 Å². The Kier molecular flexibility index (Phi) is 4.92. The highest BCUT2D eigenvalue weighted by Crippen LogP contribution is 2.30. The van der Waals surface area contributed by atoms with E-state index in [0.717, 1.165) is 18.5 Å². The van der Waals surface area contributed by atoms with Gasteiger partial charge >= 0.3 is 0 Å². The second kappa shape index (κ2) is 6.47. The summed E-state index contributed by atoms with van der Waals surface area (Å²) in [6.45, 7) is 2.16. The number of nitrogens with one attached hydrogen (secondary N) is 1. The molecular formula is C14H13Cl3N2. The van der Waals surface area contributed by atoms with Gasteiger partial charge in [0.25, 0.3) is 0 Å². The van der Waals surface area contributed by atoms with Gasteiger partial charge in [-0.2, -0.15) is 0 Å². The van der Waals surface area contributed by atoms with Crippen molar-refractivity contribution in [1.29, 1.82) is 0 Å². The fourth-order valence-electron chi connectivity index (χ4n) is 1.71. The van der Waals surface area contributed by atoms with E-state index in [2.05, 4.69) is 29.4 Å². The Morgan fingerprint density at radius 1 is 1.05 bits per heavy atom. The standard InChI is InChI=1S/C14H13Cl3N2/c1-2-3-9-4-6-10(7-5-9)18-14-12(16)8-11(15)13(17)19-14/h4-8H,2-3H2,1H3,(H,18,19). The van der Waals surface area contributed by atoms with Crippen molar-refractivity contribution in [3.63, 3.8) is 0 Å². The minimum atomic E-state index is 0.233. The Bertz CT molecular complexity index is 568. The van der Waals surface area contributed by atoms with Gasteiger partial charge in [0.1, 0.15) is 5.15 Å². The number of aromatic nitrogens is 1. The van der Waals surface area contributed by atoms with Gasteiger partial charge < -0.3 is 5.32 Å². The van der Waals surface area contributed by atoms with Crippen molar-refractivity contribution < 1.29 is 0 Å². The smallest absolute Gasteiger partial charge is 0.151 e. The highest BCUT2D eigenvalue weighted by Gasteiger charge is 2.08. The molecule has 100 valence electrons. The van der Waals surface area contributed by atoms with E-state index in [1.165, 1.54) is 5.56 Å². The second-order valence-corrected chi connectivity index (χ2v) is 5.34. The predicted molar refractivity (Wildman–Crippen MR) is 83.0 cm³/mol. The molecule has 0 aliphatic rings. The molecular weight excluding hydrogens is 303 g/mol. The molecule has 0 bridgehead atoms. The first-order valence-electron chi connectivity index (χ1n) is 5.97. The Balaban J connectivity index is 2.19.